The van der Waals surface area contributed by atoms with Gasteiger partial charge < -0.3 is 9.47 Å². The molecule has 1 unspecified atom stereocenters. The lowest BCUT2D eigenvalue weighted by atomic mass is 10.0. The zero-order valence-corrected chi connectivity index (χ0v) is 13.8. The van der Waals surface area contributed by atoms with Gasteiger partial charge in [0.25, 0.3) is 5.91 Å². The van der Waals surface area contributed by atoms with E-state index in [1.807, 2.05) is 25.1 Å². The number of amides is 2. The van der Waals surface area contributed by atoms with Crippen LogP contribution in [0.5, 0.6) is 5.75 Å². The molecule has 0 spiro atoms. The van der Waals surface area contributed by atoms with E-state index in [2.05, 4.69) is 24.7 Å². The summed E-state index contributed by atoms with van der Waals surface area (Å²) in [5.41, 5.74) is 6.91. The number of hydrogen-bond donors (Lipinski definition) is 2. The van der Waals surface area contributed by atoms with Crippen molar-refractivity contribution in [2.45, 2.75) is 33.1 Å². The van der Waals surface area contributed by atoms with Gasteiger partial charge >= 0.3 is 0 Å². The van der Waals surface area contributed by atoms with Gasteiger partial charge in [-0.1, -0.05) is 26.0 Å². The highest BCUT2D eigenvalue weighted by molar-refractivity contribution is 5.84. The zero-order chi connectivity index (χ0) is 16.8. The van der Waals surface area contributed by atoms with Gasteiger partial charge in [-0.05, 0) is 36.5 Å². The Hall–Kier alpha value is -2.08. The summed E-state index contributed by atoms with van der Waals surface area (Å²) in [6.07, 6.45) is 0.680. The quantitative estimate of drug-likeness (QED) is 0.809. The standard InChI is InChI=1S/C17H24N2O4/c1-11(2)14-5-4-12(3)8-15(14)23-10-16(20)18-19-17(21)13-6-7-22-9-13/h4-5,8,11,13H,6-7,9-10H2,1-3H3,(H,18,20)(H,19,21). The molecule has 0 radical (unpaired) electrons. The van der Waals surface area contributed by atoms with Crippen LogP contribution in [0.2, 0.25) is 0 Å². The van der Waals surface area contributed by atoms with Gasteiger partial charge in [0.15, 0.2) is 6.61 Å². The Kier molecular flexibility index (Phi) is 5.98. The minimum Gasteiger partial charge on any atom is -0.483 e. The second-order valence-electron chi connectivity index (χ2n) is 6.08. The van der Waals surface area contributed by atoms with Crippen molar-refractivity contribution in [2.75, 3.05) is 19.8 Å². The van der Waals surface area contributed by atoms with Crippen LogP contribution in [0.3, 0.4) is 0 Å². The summed E-state index contributed by atoms with van der Waals surface area (Å²) >= 11 is 0. The molecule has 0 saturated carbocycles. The van der Waals surface area contributed by atoms with Crippen molar-refractivity contribution < 1.29 is 19.1 Å². The van der Waals surface area contributed by atoms with E-state index in [-0.39, 0.29) is 18.4 Å². The van der Waals surface area contributed by atoms with Crippen molar-refractivity contribution in [2.24, 2.45) is 5.92 Å². The highest BCUT2D eigenvalue weighted by Gasteiger charge is 2.23. The third-order valence-corrected chi connectivity index (χ3v) is 3.78. The Morgan fingerprint density at radius 3 is 2.78 bits per heavy atom. The van der Waals surface area contributed by atoms with E-state index < -0.39 is 5.91 Å². The average Bonchev–Trinajstić information content (AvgIpc) is 3.04. The molecule has 1 fully saturated rings. The number of rotatable bonds is 5. The van der Waals surface area contributed by atoms with Gasteiger partial charge in [0.1, 0.15) is 5.75 Å². The largest absolute Gasteiger partial charge is 0.483 e. The number of ether oxygens (including phenoxy) is 2. The fourth-order valence-electron chi connectivity index (χ4n) is 2.40. The molecule has 0 bridgehead atoms. The summed E-state index contributed by atoms with van der Waals surface area (Å²) in [6, 6.07) is 5.94. The first-order valence-electron chi connectivity index (χ1n) is 7.87. The van der Waals surface area contributed by atoms with E-state index in [1.54, 1.807) is 0 Å². The van der Waals surface area contributed by atoms with E-state index in [9.17, 15) is 9.59 Å². The van der Waals surface area contributed by atoms with Gasteiger partial charge in [-0.3, -0.25) is 20.4 Å². The highest BCUT2D eigenvalue weighted by atomic mass is 16.5. The van der Waals surface area contributed by atoms with E-state index in [1.165, 1.54) is 0 Å². The molecule has 1 heterocycles. The van der Waals surface area contributed by atoms with Crippen molar-refractivity contribution >= 4 is 11.8 Å². The lowest BCUT2D eigenvalue weighted by Gasteiger charge is -2.15. The molecule has 23 heavy (non-hydrogen) atoms. The number of carbonyl (C=O) groups excluding carboxylic acids is 2. The van der Waals surface area contributed by atoms with Crippen LogP contribution < -0.4 is 15.6 Å². The first-order valence-corrected chi connectivity index (χ1v) is 7.87. The van der Waals surface area contributed by atoms with Crippen LogP contribution in [0.4, 0.5) is 0 Å². The molecule has 6 heteroatoms. The maximum Gasteiger partial charge on any atom is 0.276 e. The van der Waals surface area contributed by atoms with Crippen LogP contribution in [0.25, 0.3) is 0 Å². The normalized spacial score (nSPS) is 17.1. The molecule has 1 aliphatic rings. The second kappa shape index (κ2) is 7.97. The molecule has 1 atom stereocenters. The fraction of sp³-hybridized carbons (Fsp3) is 0.529. The predicted molar refractivity (Wildman–Crippen MR) is 86.0 cm³/mol. The Balaban J connectivity index is 1.82. The number of nitrogens with one attached hydrogen (secondary N) is 2. The predicted octanol–water partition coefficient (Wildman–Crippen LogP) is 1.68. The number of hydrogen-bond acceptors (Lipinski definition) is 4. The topological polar surface area (TPSA) is 76.7 Å². The van der Waals surface area contributed by atoms with Gasteiger partial charge in [0, 0.05) is 6.61 Å². The number of hydrazine groups is 1. The monoisotopic (exact) mass is 320 g/mol. The molecule has 0 aliphatic carbocycles. The smallest absolute Gasteiger partial charge is 0.276 e. The van der Waals surface area contributed by atoms with Crippen LogP contribution in [0.1, 0.15) is 37.3 Å². The Labute approximate surface area is 136 Å². The van der Waals surface area contributed by atoms with E-state index in [4.69, 9.17) is 9.47 Å². The molecular weight excluding hydrogens is 296 g/mol. The van der Waals surface area contributed by atoms with Crippen LogP contribution in [0, 0.1) is 12.8 Å². The van der Waals surface area contributed by atoms with Gasteiger partial charge in [-0.15, -0.1) is 0 Å². The number of aryl methyl sites for hydroxylation is 1. The maximum atomic E-state index is 11.8. The van der Waals surface area contributed by atoms with Crippen LogP contribution in [-0.2, 0) is 14.3 Å². The Morgan fingerprint density at radius 1 is 1.35 bits per heavy atom. The molecule has 126 valence electrons. The average molecular weight is 320 g/mol. The van der Waals surface area contributed by atoms with Crippen LogP contribution >= 0.6 is 0 Å². The van der Waals surface area contributed by atoms with Gasteiger partial charge in [-0.25, -0.2) is 0 Å². The molecule has 2 rings (SSSR count). The molecule has 2 N–H and O–H groups in total. The van der Waals surface area contributed by atoms with Gasteiger partial charge in [0.2, 0.25) is 5.91 Å². The molecule has 2 amide bonds. The molecule has 1 aliphatic heterocycles. The SMILES string of the molecule is Cc1ccc(C(C)C)c(OCC(=O)NNC(=O)C2CCOC2)c1. The lowest BCUT2D eigenvalue weighted by molar-refractivity contribution is -0.132. The highest BCUT2D eigenvalue weighted by Crippen LogP contribution is 2.27. The zero-order valence-electron chi connectivity index (χ0n) is 13.8. The van der Waals surface area contributed by atoms with E-state index in [0.29, 0.717) is 31.3 Å². The molecule has 6 nitrogen and oxygen atoms in total. The van der Waals surface area contributed by atoms with E-state index in [0.717, 1.165) is 11.1 Å². The van der Waals surface area contributed by atoms with E-state index >= 15 is 0 Å². The summed E-state index contributed by atoms with van der Waals surface area (Å²) in [6.45, 7) is 6.95. The minimum atomic E-state index is -0.395. The summed E-state index contributed by atoms with van der Waals surface area (Å²) in [5.74, 6) is 0.185. The Bertz CT molecular complexity index is 566. The Morgan fingerprint density at radius 2 is 2.13 bits per heavy atom. The van der Waals surface area contributed by atoms with Crippen molar-refractivity contribution in [3.8, 4) is 5.75 Å². The van der Waals surface area contributed by atoms with Crippen molar-refractivity contribution in [3.05, 3.63) is 29.3 Å². The lowest BCUT2D eigenvalue weighted by Crippen LogP contribution is -2.46. The summed E-state index contributed by atoms with van der Waals surface area (Å²) < 4.78 is 10.7. The van der Waals surface area contributed by atoms with Crippen LogP contribution in [-0.4, -0.2) is 31.6 Å². The first-order chi connectivity index (χ1) is 11.0. The third-order valence-electron chi connectivity index (χ3n) is 3.78. The second-order valence-corrected chi connectivity index (χ2v) is 6.08. The summed E-state index contributed by atoms with van der Waals surface area (Å²) in [7, 11) is 0. The minimum absolute atomic E-state index is 0.148. The molecule has 1 aromatic rings. The summed E-state index contributed by atoms with van der Waals surface area (Å²) in [4.78, 5) is 23.6. The maximum absolute atomic E-state index is 11.8. The molecule has 1 aromatic carbocycles. The van der Waals surface area contributed by atoms with Crippen molar-refractivity contribution in [1.29, 1.82) is 0 Å². The van der Waals surface area contributed by atoms with Crippen molar-refractivity contribution in [3.63, 3.8) is 0 Å². The number of benzene rings is 1. The fourth-order valence-corrected chi connectivity index (χ4v) is 2.40. The molecule has 0 aromatic heterocycles. The van der Waals surface area contributed by atoms with Crippen LogP contribution in [0.15, 0.2) is 18.2 Å². The van der Waals surface area contributed by atoms with Gasteiger partial charge in [-0.2, -0.15) is 0 Å². The van der Waals surface area contributed by atoms with Crippen molar-refractivity contribution in [1.82, 2.24) is 10.9 Å². The molecular formula is C17H24N2O4. The van der Waals surface area contributed by atoms with Gasteiger partial charge in [0.05, 0.1) is 12.5 Å². The number of carbonyl (C=O) groups is 2. The third kappa shape index (κ3) is 4.96. The summed E-state index contributed by atoms with van der Waals surface area (Å²) in [5, 5.41) is 0. The molecule has 1 saturated heterocycles. The first kappa shape index (κ1) is 17.3.